The Bertz CT molecular complexity index is 433. The van der Waals surface area contributed by atoms with Gasteiger partial charge in [0, 0.05) is 18.7 Å². The molecule has 0 aromatic heterocycles. The van der Waals surface area contributed by atoms with Crippen molar-refractivity contribution in [2.45, 2.75) is 25.8 Å². The molecule has 1 fully saturated rings. The molecule has 0 bridgehead atoms. The second-order valence-electron chi connectivity index (χ2n) is 4.41. The van der Waals surface area contributed by atoms with E-state index in [1.165, 1.54) is 31.3 Å². The molecule has 1 aromatic carbocycles. The topological polar surface area (TPSA) is 41.1 Å². The van der Waals surface area contributed by atoms with E-state index in [-0.39, 0.29) is 5.91 Å². The van der Waals surface area contributed by atoms with Gasteiger partial charge in [-0.25, -0.2) is 0 Å². The molecule has 0 aliphatic carbocycles. The normalized spacial score (nSPS) is 16.3. The summed E-state index contributed by atoms with van der Waals surface area (Å²) in [6.07, 6.45) is 2.38. The van der Waals surface area contributed by atoms with E-state index in [4.69, 9.17) is 11.6 Å². The van der Waals surface area contributed by atoms with Crippen LogP contribution in [-0.2, 0) is 4.79 Å². The first-order chi connectivity index (χ1) is 8.65. The molecule has 3 nitrogen and oxygen atoms in total. The second kappa shape index (κ2) is 6.34. The molecule has 18 heavy (non-hydrogen) atoms. The Kier molecular flexibility index (Phi) is 4.78. The van der Waals surface area contributed by atoms with Crippen LogP contribution in [0.3, 0.4) is 0 Å². The highest BCUT2D eigenvalue weighted by atomic mass is 35.5. The lowest BCUT2D eigenvalue weighted by Gasteiger charge is -2.23. The molecular weight excluding hydrogens is 268 g/mol. The van der Waals surface area contributed by atoms with Gasteiger partial charge >= 0.3 is 0 Å². The van der Waals surface area contributed by atoms with Gasteiger partial charge in [-0.2, -0.15) is 11.8 Å². The zero-order valence-electron chi connectivity index (χ0n) is 10.3. The largest absolute Gasteiger partial charge is 0.382 e. The molecule has 1 aliphatic rings. The SMILES string of the molecule is CC(=O)Nc1ccc(NC2CCSCC2)cc1Cl. The summed E-state index contributed by atoms with van der Waals surface area (Å²) in [7, 11) is 0. The van der Waals surface area contributed by atoms with Crippen LogP contribution in [0.5, 0.6) is 0 Å². The Morgan fingerprint density at radius 2 is 2.11 bits per heavy atom. The highest BCUT2D eigenvalue weighted by Crippen LogP contribution is 2.27. The average molecular weight is 285 g/mol. The third-order valence-electron chi connectivity index (χ3n) is 2.87. The van der Waals surface area contributed by atoms with Gasteiger partial charge in [0.15, 0.2) is 0 Å². The fraction of sp³-hybridized carbons (Fsp3) is 0.462. The average Bonchev–Trinajstić information content (AvgIpc) is 2.33. The number of rotatable bonds is 3. The third-order valence-corrected chi connectivity index (χ3v) is 4.23. The molecule has 1 heterocycles. The van der Waals surface area contributed by atoms with Crippen molar-refractivity contribution in [2.75, 3.05) is 22.1 Å². The summed E-state index contributed by atoms with van der Waals surface area (Å²) in [5.41, 5.74) is 1.68. The van der Waals surface area contributed by atoms with Crippen LogP contribution >= 0.6 is 23.4 Å². The van der Waals surface area contributed by atoms with E-state index in [9.17, 15) is 4.79 Å². The van der Waals surface area contributed by atoms with Gasteiger partial charge < -0.3 is 10.6 Å². The Hall–Kier alpha value is -0.870. The van der Waals surface area contributed by atoms with Crippen LogP contribution in [0.25, 0.3) is 0 Å². The minimum atomic E-state index is -0.109. The van der Waals surface area contributed by atoms with Gasteiger partial charge in [0.2, 0.25) is 5.91 Å². The highest BCUT2D eigenvalue weighted by molar-refractivity contribution is 7.99. The number of carbonyl (C=O) groups excluding carboxylic acids is 1. The van der Waals surface area contributed by atoms with Gasteiger partial charge in [-0.3, -0.25) is 4.79 Å². The molecule has 1 aromatic rings. The van der Waals surface area contributed by atoms with Crippen molar-refractivity contribution in [1.82, 2.24) is 0 Å². The van der Waals surface area contributed by atoms with E-state index in [1.807, 2.05) is 30.0 Å². The highest BCUT2D eigenvalue weighted by Gasteiger charge is 2.13. The molecule has 98 valence electrons. The van der Waals surface area contributed by atoms with Gasteiger partial charge in [0.25, 0.3) is 0 Å². The van der Waals surface area contributed by atoms with Gasteiger partial charge in [-0.1, -0.05) is 11.6 Å². The molecule has 2 N–H and O–H groups in total. The molecule has 0 atom stereocenters. The van der Waals surface area contributed by atoms with Crippen molar-refractivity contribution in [3.8, 4) is 0 Å². The summed E-state index contributed by atoms with van der Waals surface area (Å²) in [5.74, 6) is 2.33. The fourth-order valence-corrected chi connectivity index (χ4v) is 3.31. The van der Waals surface area contributed by atoms with Crippen LogP contribution in [-0.4, -0.2) is 23.5 Å². The quantitative estimate of drug-likeness (QED) is 0.891. The molecule has 2 rings (SSSR count). The maximum absolute atomic E-state index is 11.0. The van der Waals surface area contributed by atoms with Gasteiger partial charge in [-0.15, -0.1) is 0 Å². The summed E-state index contributed by atoms with van der Waals surface area (Å²) in [5, 5.41) is 6.76. The summed E-state index contributed by atoms with van der Waals surface area (Å²) >= 11 is 8.14. The predicted octanol–water partition coefficient (Wildman–Crippen LogP) is 3.61. The number of amides is 1. The van der Waals surface area contributed by atoms with Crippen LogP contribution < -0.4 is 10.6 Å². The fourth-order valence-electron chi connectivity index (χ4n) is 1.97. The predicted molar refractivity (Wildman–Crippen MR) is 79.7 cm³/mol. The molecule has 0 radical (unpaired) electrons. The number of halogens is 1. The number of hydrogen-bond acceptors (Lipinski definition) is 3. The van der Waals surface area contributed by atoms with E-state index in [0.717, 1.165) is 5.69 Å². The van der Waals surface area contributed by atoms with E-state index >= 15 is 0 Å². The lowest BCUT2D eigenvalue weighted by atomic mass is 10.1. The minimum absolute atomic E-state index is 0.109. The third kappa shape index (κ3) is 3.82. The van der Waals surface area contributed by atoms with E-state index < -0.39 is 0 Å². The van der Waals surface area contributed by atoms with Crippen molar-refractivity contribution >= 4 is 40.6 Å². The van der Waals surface area contributed by atoms with Crippen LogP contribution in [0, 0.1) is 0 Å². The van der Waals surface area contributed by atoms with E-state index in [0.29, 0.717) is 16.8 Å². The number of hydrogen-bond donors (Lipinski definition) is 2. The van der Waals surface area contributed by atoms with Crippen molar-refractivity contribution in [1.29, 1.82) is 0 Å². The van der Waals surface area contributed by atoms with Gasteiger partial charge in [-0.05, 0) is 42.5 Å². The molecule has 0 saturated carbocycles. The summed E-state index contributed by atoms with van der Waals surface area (Å²) in [6, 6.07) is 6.20. The standard InChI is InChI=1S/C13H17ClN2OS/c1-9(17)15-13-3-2-11(8-12(13)14)16-10-4-6-18-7-5-10/h2-3,8,10,16H,4-7H2,1H3,(H,15,17). The van der Waals surface area contributed by atoms with Crippen molar-refractivity contribution in [3.63, 3.8) is 0 Å². The number of carbonyl (C=O) groups is 1. The zero-order valence-corrected chi connectivity index (χ0v) is 11.9. The Morgan fingerprint density at radius 1 is 1.39 bits per heavy atom. The summed E-state index contributed by atoms with van der Waals surface area (Å²) in [4.78, 5) is 11.0. The van der Waals surface area contributed by atoms with Crippen molar-refractivity contribution < 1.29 is 4.79 Å². The second-order valence-corrected chi connectivity index (χ2v) is 6.04. The number of nitrogens with one attached hydrogen (secondary N) is 2. The van der Waals surface area contributed by atoms with Crippen molar-refractivity contribution in [2.24, 2.45) is 0 Å². The number of anilines is 2. The van der Waals surface area contributed by atoms with Crippen LogP contribution in [0.2, 0.25) is 5.02 Å². The van der Waals surface area contributed by atoms with Crippen LogP contribution in [0.1, 0.15) is 19.8 Å². The number of benzene rings is 1. The molecule has 1 aliphatic heterocycles. The van der Waals surface area contributed by atoms with Gasteiger partial charge in [0.05, 0.1) is 10.7 Å². The summed E-state index contributed by atoms with van der Waals surface area (Å²) in [6.45, 7) is 1.47. The number of thioether (sulfide) groups is 1. The first kappa shape index (κ1) is 13.6. The van der Waals surface area contributed by atoms with Gasteiger partial charge in [0.1, 0.15) is 0 Å². The monoisotopic (exact) mass is 284 g/mol. The molecule has 0 spiro atoms. The Balaban J connectivity index is 2.01. The maximum Gasteiger partial charge on any atom is 0.221 e. The van der Waals surface area contributed by atoms with E-state index in [1.54, 1.807) is 0 Å². The molecular formula is C13H17ClN2OS. The maximum atomic E-state index is 11.0. The molecule has 1 saturated heterocycles. The Labute approximate surface area is 117 Å². The minimum Gasteiger partial charge on any atom is -0.382 e. The molecule has 1 amide bonds. The zero-order chi connectivity index (χ0) is 13.0. The first-order valence-electron chi connectivity index (χ1n) is 6.06. The van der Waals surface area contributed by atoms with Crippen molar-refractivity contribution in [3.05, 3.63) is 23.2 Å². The molecule has 0 unspecified atom stereocenters. The lowest BCUT2D eigenvalue weighted by Crippen LogP contribution is -2.24. The summed E-state index contributed by atoms with van der Waals surface area (Å²) < 4.78 is 0. The smallest absolute Gasteiger partial charge is 0.221 e. The van der Waals surface area contributed by atoms with Crippen LogP contribution in [0.15, 0.2) is 18.2 Å². The lowest BCUT2D eigenvalue weighted by molar-refractivity contribution is -0.114. The Morgan fingerprint density at radius 3 is 2.72 bits per heavy atom. The first-order valence-corrected chi connectivity index (χ1v) is 7.60. The van der Waals surface area contributed by atoms with Crippen LogP contribution in [0.4, 0.5) is 11.4 Å². The van der Waals surface area contributed by atoms with E-state index in [2.05, 4.69) is 10.6 Å². The molecule has 5 heteroatoms.